The van der Waals surface area contributed by atoms with Crippen LogP contribution >= 0.6 is 0 Å². The zero-order chi connectivity index (χ0) is 16.9. The fraction of sp³-hybridized carbons (Fsp3) is 0.647. The molecule has 3 rings (SSSR count). The number of nitrogens with zero attached hydrogens (tertiary/aromatic N) is 5. The molecular formula is C17H28N6O. The summed E-state index contributed by atoms with van der Waals surface area (Å²) in [4.78, 5) is 25.5. The van der Waals surface area contributed by atoms with Crippen LogP contribution in [0.1, 0.15) is 5.56 Å². The number of aromatic nitrogens is 1. The number of likely N-dealkylation sites (N-methyl/N-ethyl adjacent to an activating group) is 2. The molecule has 0 aromatic carbocycles. The Bertz CT molecular complexity index is 533. The Morgan fingerprint density at radius 2 is 1.62 bits per heavy atom. The standard InChI is InChI=1S/C17H28N6O/c1-20-5-9-22(10-6-20)16-4-3-15(13-18-16)14-19-17(24)23-11-7-21(2)8-12-23/h3-4,13H,5-12,14H2,1-2H3,(H,19,24). The molecule has 3 heterocycles. The van der Waals surface area contributed by atoms with E-state index < -0.39 is 0 Å². The van der Waals surface area contributed by atoms with Gasteiger partial charge in [0, 0.05) is 65.1 Å². The topological polar surface area (TPSA) is 55.0 Å². The lowest BCUT2D eigenvalue weighted by atomic mass is 10.2. The highest BCUT2D eigenvalue weighted by Crippen LogP contribution is 2.13. The second kappa shape index (κ2) is 7.81. The molecule has 7 nitrogen and oxygen atoms in total. The lowest BCUT2D eigenvalue weighted by Crippen LogP contribution is -2.50. The van der Waals surface area contributed by atoms with Crippen molar-refractivity contribution in [2.24, 2.45) is 0 Å². The van der Waals surface area contributed by atoms with Crippen molar-refractivity contribution in [1.82, 2.24) is 25.0 Å². The molecule has 2 amide bonds. The van der Waals surface area contributed by atoms with Gasteiger partial charge in [0.1, 0.15) is 5.82 Å². The Morgan fingerprint density at radius 3 is 2.21 bits per heavy atom. The molecule has 2 saturated heterocycles. The van der Waals surface area contributed by atoms with Gasteiger partial charge in [0.2, 0.25) is 0 Å². The number of nitrogens with one attached hydrogen (secondary N) is 1. The van der Waals surface area contributed by atoms with E-state index in [1.807, 2.05) is 11.1 Å². The summed E-state index contributed by atoms with van der Waals surface area (Å²) in [6.07, 6.45) is 1.87. The Labute approximate surface area is 144 Å². The van der Waals surface area contributed by atoms with Gasteiger partial charge in [-0.1, -0.05) is 6.07 Å². The molecule has 2 aliphatic heterocycles. The molecule has 0 radical (unpaired) electrons. The number of carbonyl (C=O) groups is 1. The van der Waals surface area contributed by atoms with Crippen molar-refractivity contribution in [1.29, 1.82) is 0 Å². The summed E-state index contributed by atoms with van der Waals surface area (Å²) in [6, 6.07) is 4.14. The van der Waals surface area contributed by atoms with E-state index in [1.54, 1.807) is 0 Å². The molecular weight excluding hydrogens is 304 g/mol. The van der Waals surface area contributed by atoms with Crippen LogP contribution in [0.15, 0.2) is 18.3 Å². The summed E-state index contributed by atoms with van der Waals surface area (Å²) in [5.41, 5.74) is 1.04. The van der Waals surface area contributed by atoms with E-state index in [0.717, 1.165) is 63.7 Å². The first-order chi connectivity index (χ1) is 11.6. The summed E-state index contributed by atoms with van der Waals surface area (Å²) in [5.74, 6) is 1.03. The van der Waals surface area contributed by atoms with Crippen molar-refractivity contribution < 1.29 is 4.79 Å². The number of hydrogen-bond donors (Lipinski definition) is 1. The average Bonchev–Trinajstić information content (AvgIpc) is 2.61. The SMILES string of the molecule is CN1CCN(C(=O)NCc2ccc(N3CCN(C)CC3)nc2)CC1. The third-order valence-electron chi connectivity index (χ3n) is 4.87. The average molecular weight is 332 g/mol. The highest BCUT2D eigenvalue weighted by Gasteiger charge is 2.19. The molecule has 0 aliphatic carbocycles. The van der Waals surface area contributed by atoms with Crippen LogP contribution in [-0.2, 0) is 6.54 Å². The third-order valence-corrected chi connectivity index (χ3v) is 4.87. The maximum Gasteiger partial charge on any atom is 0.317 e. The maximum atomic E-state index is 12.2. The molecule has 132 valence electrons. The van der Waals surface area contributed by atoms with Gasteiger partial charge in [-0.05, 0) is 25.7 Å². The lowest BCUT2D eigenvalue weighted by Gasteiger charge is -2.33. The number of piperazine rings is 2. The van der Waals surface area contributed by atoms with Crippen LogP contribution in [0.2, 0.25) is 0 Å². The molecule has 0 saturated carbocycles. The quantitative estimate of drug-likeness (QED) is 0.862. The highest BCUT2D eigenvalue weighted by molar-refractivity contribution is 5.74. The molecule has 2 aliphatic rings. The number of amides is 2. The van der Waals surface area contributed by atoms with Crippen LogP contribution in [0, 0.1) is 0 Å². The molecule has 7 heteroatoms. The number of carbonyl (C=O) groups excluding carboxylic acids is 1. The van der Waals surface area contributed by atoms with E-state index in [9.17, 15) is 4.79 Å². The minimum Gasteiger partial charge on any atom is -0.354 e. The molecule has 0 spiro atoms. The fourth-order valence-electron chi connectivity index (χ4n) is 3.04. The van der Waals surface area contributed by atoms with Gasteiger partial charge in [-0.3, -0.25) is 0 Å². The first-order valence-electron chi connectivity index (χ1n) is 8.71. The summed E-state index contributed by atoms with van der Waals surface area (Å²) in [5, 5.41) is 3.00. The number of hydrogen-bond acceptors (Lipinski definition) is 5. The number of pyridine rings is 1. The van der Waals surface area contributed by atoms with Crippen molar-refractivity contribution in [2.45, 2.75) is 6.54 Å². The summed E-state index contributed by atoms with van der Waals surface area (Å²) >= 11 is 0. The van der Waals surface area contributed by atoms with Gasteiger partial charge in [-0.15, -0.1) is 0 Å². The highest BCUT2D eigenvalue weighted by atomic mass is 16.2. The van der Waals surface area contributed by atoms with Crippen LogP contribution in [0.5, 0.6) is 0 Å². The van der Waals surface area contributed by atoms with Crippen molar-refractivity contribution >= 4 is 11.8 Å². The Hall–Kier alpha value is -1.86. The molecule has 0 unspecified atom stereocenters. The smallest absolute Gasteiger partial charge is 0.317 e. The van der Waals surface area contributed by atoms with Gasteiger partial charge in [-0.2, -0.15) is 0 Å². The van der Waals surface area contributed by atoms with Crippen molar-refractivity contribution in [3.63, 3.8) is 0 Å². The Balaban J connectivity index is 1.47. The zero-order valence-electron chi connectivity index (χ0n) is 14.7. The predicted octanol–water partition coefficient (Wildman–Crippen LogP) is 0.290. The Kier molecular flexibility index (Phi) is 5.52. The largest absolute Gasteiger partial charge is 0.354 e. The number of urea groups is 1. The van der Waals surface area contributed by atoms with Gasteiger partial charge in [0.05, 0.1) is 0 Å². The normalized spacial score (nSPS) is 20.2. The first-order valence-corrected chi connectivity index (χ1v) is 8.71. The second-order valence-corrected chi connectivity index (χ2v) is 6.76. The molecule has 0 bridgehead atoms. The van der Waals surface area contributed by atoms with Gasteiger partial charge >= 0.3 is 6.03 Å². The molecule has 1 aromatic heterocycles. The van der Waals surface area contributed by atoms with Crippen LogP contribution in [0.4, 0.5) is 10.6 Å². The van der Waals surface area contributed by atoms with Gasteiger partial charge in [-0.25, -0.2) is 9.78 Å². The predicted molar refractivity (Wildman–Crippen MR) is 95.3 cm³/mol. The molecule has 24 heavy (non-hydrogen) atoms. The minimum atomic E-state index is 0.0197. The maximum absolute atomic E-state index is 12.2. The molecule has 1 aromatic rings. The summed E-state index contributed by atoms with van der Waals surface area (Å²) in [6.45, 7) is 8.18. The van der Waals surface area contributed by atoms with E-state index in [4.69, 9.17) is 0 Å². The number of anilines is 1. The summed E-state index contributed by atoms with van der Waals surface area (Å²) < 4.78 is 0. The van der Waals surface area contributed by atoms with Crippen molar-refractivity contribution in [3.05, 3.63) is 23.9 Å². The zero-order valence-corrected chi connectivity index (χ0v) is 14.7. The third kappa shape index (κ3) is 4.36. The second-order valence-electron chi connectivity index (χ2n) is 6.76. The van der Waals surface area contributed by atoms with E-state index in [2.05, 4.69) is 51.2 Å². The van der Waals surface area contributed by atoms with E-state index in [1.165, 1.54) is 0 Å². The van der Waals surface area contributed by atoms with Crippen LogP contribution in [-0.4, -0.2) is 92.2 Å². The van der Waals surface area contributed by atoms with Crippen molar-refractivity contribution in [2.75, 3.05) is 71.4 Å². The first kappa shape index (κ1) is 17.0. The van der Waals surface area contributed by atoms with Gasteiger partial charge in [0.15, 0.2) is 0 Å². The lowest BCUT2D eigenvalue weighted by molar-refractivity contribution is 0.154. The van der Waals surface area contributed by atoms with Crippen LogP contribution in [0.3, 0.4) is 0 Å². The fourth-order valence-corrected chi connectivity index (χ4v) is 3.04. The van der Waals surface area contributed by atoms with Crippen molar-refractivity contribution in [3.8, 4) is 0 Å². The molecule has 1 N–H and O–H groups in total. The summed E-state index contributed by atoms with van der Waals surface area (Å²) in [7, 11) is 4.24. The van der Waals surface area contributed by atoms with E-state index in [0.29, 0.717) is 6.54 Å². The minimum absolute atomic E-state index is 0.0197. The van der Waals surface area contributed by atoms with Crippen LogP contribution < -0.4 is 10.2 Å². The van der Waals surface area contributed by atoms with Crippen LogP contribution in [0.25, 0.3) is 0 Å². The molecule has 0 atom stereocenters. The molecule has 2 fully saturated rings. The Morgan fingerprint density at radius 1 is 1.00 bits per heavy atom. The van der Waals surface area contributed by atoms with Gasteiger partial charge in [0.25, 0.3) is 0 Å². The van der Waals surface area contributed by atoms with E-state index in [-0.39, 0.29) is 6.03 Å². The monoisotopic (exact) mass is 332 g/mol. The van der Waals surface area contributed by atoms with E-state index >= 15 is 0 Å². The number of rotatable bonds is 3. The van der Waals surface area contributed by atoms with Gasteiger partial charge < -0.3 is 24.9 Å².